The highest BCUT2D eigenvalue weighted by molar-refractivity contribution is 5.92. The molecule has 1 aromatic heterocycles. The minimum Gasteiger partial charge on any atom is -0.493 e. The van der Waals surface area contributed by atoms with Crippen LogP contribution in [0.1, 0.15) is 11.1 Å². The lowest BCUT2D eigenvalue weighted by molar-refractivity contribution is 0.356. The Bertz CT molecular complexity index is 1160. The highest BCUT2D eigenvalue weighted by atomic mass is 16.5. The zero-order valence-corrected chi connectivity index (χ0v) is 17.8. The van der Waals surface area contributed by atoms with Crippen molar-refractivity contribution in [3.8, 4) is 11.5 Å². The van der Waals surface area contributed by atoms with Crippen molar-refractivity contribution in [2.24, 2.45) is 0 Å². The first-order valence-electron chi connectivity index (χ1n) is 10.2. The summed E-state index contributed by atoms with van der Waals surface area (Å²) in [7, 11) is 3.26. The van der Waals surface area contributed by atoms with Gasteiger partial charge in [-0.3, -0.25) is 0 Å². The third-order valence-electron chi connectivity index (χ3n) is 5.26. The van der Waals surface area contributed by atoms with Gasteiger partial charge in [0.15, 0.2) is 11.5 Å². The average Bonchev–Trinajstić information content (AvgIpc) is 2.81. The highest BCUT2D eigenvalue weighted by Gasteiger charge is 2.16. The molecule has 1 heterocycles. The van der Waals surface area contributed by atoms with E-state index in [1.165, 1.54) is 11.1 Å². The van der Waals surface area contributed by atoms with Crippen molar-refractivity contribution in [1.29, 1.82) is 0 Å². The topological polar surface area (TPSA) is 73.5 Å². The first-order valence-corrected chi connectivity index (χ1v) is 10.2. The van der Waals surface area contributed by atoms with Crippen molar-refractivity contribution in [3.05, 3.63) is 84.2 Å². The molecule has 0 bridgehead atoms. The molecule has 0 saturated carbocycles. The number of rotatable bonds is 8. The summed E-state index contributed by atoms with van der Waals surface area (Å²) in [6, 6.07) is 22.2. The largest absolute Gasteiger partial charge is 0.493 e. The maximum atomic E-state index is 5.97. The Morgan fingerprint density at radius 1 is 0.839 bits per heavy atom. The second-order valence-corrected chi connectivity index (χ2v) is 7.32. The van der Waals surface area contributed by atoms with E-state index in [1.807, 2.05) is 36.4 Å². The summed E-state index contributed by atoms with van der Waals surface area (Å²) in [5, 5.41) is 0.920. The van der Waals surface area contributed by atoms with Crippen LogP contribution in [0, 0.1) is 0 Å². The molecule has 0 aliphatic rings. The van der Waals surface area contributed by atoms with E-state index in [4.69, 9.17) is 15.2 Å². The number of hydrogen-bond donors (Lipinski definition) is 1. The Labute approximate surface area is 182 Å². The van der Waals surface area contributed by atoms with Gasteiger partial charge in [-0.1, -0.05) is 42.5 Å². The van der Waals surface area contributed by atoms with Crippen LogP contribution in [-0.4, -0.2) is 30.7 Å². The van der Waals surface area contributed by atoms with Crippen LogP contribution < -0.4 is 20.1 Å². The molecule has 0 amide bonds. The first-order chi connectivity index (χ1) is 15.2. The quantitative estimate of drug-likeness (QED) is 0.429. The van der Waals surface area contributed by atoms with Crippen LogP contribution in [0.3, 0.4) is 0 Å². The normalized spacial score (nSPS) is 10.8. The highest BCUT2D eigenvalue weighted by Crippen LogP contribution is 2.35. The van der Waals surface area contributed by atoms with Crippen molar-refractivity contribution in [3.63, 3.8) is 0 Å². The molecular weight excluding hydrogens is 388 g/mol. The monoisotopic (exact) mass is 414 g/mol. The summed E-state index contributed by atoms with van der Waals surface area (Å²) in [5.41, 5.74) is 9.96. The van der Waals surface area contributed by atoms with E-state index in [0.29, 0.717) is 11.5 Å². The first kappa shape index (κ1) is 20.5. The molecule has 0 radical (unpaired) electrons. The van der Waals surface area contributed by atoms with E-state index in [1.54, 1.807) is 20.5 Å². The molecule has 31 heavy (non-hydrogen) atoms. The van der Waals surface area contributed by atoms with Gasteiger partial charge in [0.25, 0.3) is 0 Å². The number of nitrogen functional groups attached to an aromatic ring is 1. The lowest BCUT2D eigenvalue weighted by Gasteiger charge is -2.25. The minimum atomic E-state index is 0.647. The standard InChI is InChI=1S/C25H26N4O2/c1-30-23-14-21-22(15-24(23)31-2)27-17-28-25(21)29(16-19-7-4-3-5-8-19)12-11-18-9-6-10-20(26)13-18/h3-10,13-15,17H,11-12,16,26H2,1-2H3. The molecular formula is C25H26N4O2. The molecule has 6 heteroatoms. The summed E-state index contributed by atoms with van der Waals surface area (Å²) < 4.78 is 11.0. The molecule has 158 valence electrons. The predicted octanol–water partition coefficient (Wildman–Crippen LogP) is 4.48. The Balaban J connectivity index is 1.73. The zero-order chi connectivity index (χ0) is 21.6. The van der Waals surface area contributed by atoms with E-state index in [0.717, 1.165) is 41.9 Å². The summed E-state index contributed by atoms with van der Waals surface area (Å²) in [6.07, 6.45) is 2.44. The summed E-state index contributed by atoms with van der Waals surface area (Å²) in [6.45, 7) is 1.50. The van der Waals surface area contributed by atoms with Crippen molar-refractivity contribution >= 4 is 22.4 Å². The number of anilines is 2. The Morgan fingerprint density at radius 2 is 1.58 bits per heavy atom. The minimum absolute atomic E-state index is 0.647. The van der Waals surface area contributed by atoms with Crippen LogP contribution >= 0.6 is 0 Å². The third-order valence-corrected chi connectivity index (χ3v) is 5.26. The Kier molecular flexibility index (Phi) is 6.17. The third kappa shape index (κ3) is 4.69. The van der Waals surface area contributed by atoms with E-state index in [2.05, 4.69) is 45.2 Å². The van der Waals surface area contributed by atoms with Gasteiger partial charge in [-0.2, -0.15) is 0 Å². The SMILES string of the molecule is COc1cc2ncnc(N(CCc3cccc(N)c3)Cc3ccccc3)c2cc1OC. The van der Waals surface area contributed by atoms with E-state index >= 15 is 0 Å². The van der Waals surface area contributed by atoms with Crippen molar-refractivity contribution in [2.45, 2.75) is 13.0 Å². The van der Waals surface area contributed by atoms with Crippen LogP contribution in [0.4, 0.5) is 11.5 Å². The molecule has 0 saturated heterocycles. The number of fused-ring (bicyclic) bond motifs is 1. The number of aromatic nitrogens is 2. The lowest BCUT2D eigenvalue weighted by Crippen LogP contribution is -2.26. The van der Waals surface area contributed by atoms with Gasteiger partial charge in [0.05, 0.1) is 19.7 Å². The van der Waals surface area contributed by atoms with Crippen molar-refractivity contribution in [2.75, 3.05) is 31.4 Å². The van der Waals surface area contributed by atoms with Crippen LogP contribution in [0.2, 0.25) is 0 Å². The Morgan fingerprint density at radius 3 is 2.32 bits per heavy atom. The van der Waals surface area contributed by atoms with Crippen LogP contribution in [0.15, 0.2) is 73.1 Å². The summed E-state index contributed by atoms with van der Waals surface area (Å²) in [5.74, 6) is 2.16. The number of nitrogens with two attached hydrogens (primary N) is 1. The molecule has 4 aromatic rings. The maximum Gasteiger partial charge on any atom is 0.162 e. The maximum absolute atomic E-state index is 5.97. The van der Waals surface area contributed by atoms with Crippen LogP contribution in [0.5, 0.6) is 11.5 Å². The molecule has 4 rings (SSSR count). The van der Waals surface area contributed by atoms with E-state index in [-0.39, 0.29) is 0 Å². The van der Waals surface area contributed by atoms with Gasteiger partial charge in [-0.05, 0) is 35.7 Å². The molecule has 0 aliphatic heterocycles. The smallest absolute Gasteiger partial charge is 0.162 e. The fourth-order valence-electron chi connectivity index (χ4n) is 3.70. The molecule has 0 aliphatic carbocycles. The van der Waals surface area contributed by atoms with Crippen LogP contribution in [0.25, 0.3) is 10.9 Å². The van der Waals surface area contributed by atoms with E-state index < -0.39 is 0 Å². The lowest BCUT2D eigenvalue weighted by atomic mass is 10.1. The second kappa shape index (κ2) is 9.34. The molecule has 0 atom stereocenters. The van der Waals surface area contributed by atoms with Gasteiger partial charge in [0, 0.05) is 30.2 Å². The second-order valence-electron chi connectivity index (χ2n) is 7.32. The molecule has 0 spiro atoms. The zero-order valence-electron chi connectivity index (χ0n) is 17.8. The molecule has 3 aromatic carbocycles. The fourth-order valence-corrected chi connectivity index (χ4v) is 3.70. The van der Waals surface area contributed by atoms with Gasteiger partial charge < -0.3 is 20.1 Å². The van der Waals surface area contributed by atoms with E-state index in [9.17, 15) is 0 Å². The number of nitrogens with zero attached hydrogens (tertiary/aromatic N) is 3. The molecule has 0 unspecified atom stereocenters. The molecule has 6 nitrogen and oxygen atoms in total. The van der Waals surface area contributed by atoms with Crippen LogP contribution in [-0.2, 0) is 13.0 Å². The number of benzene rings is 3. The number of methoxy groups -OCH3 is 2. The molecule has 2 N–H and O–H groups in total. The summed E-state index contributed by atoms with van der Waals surface area (Å²) >= 11 is 0. The van der Waals surface area contributed by atoms with Gasteiger partial charge in [-0.25, -0.2) is 9.97 Å². The number of ether oxygens (including phenoxy) is 2. The van der Waals surface area contributed by atoms with Gasteiger partial charge in [0.2, 0.25) is 0 Å². The van der Waals surface area contributed by atoms with Crippen molar-refractivity contribution < 1.29 is 9.47 Å². The fraction of sp³-hybridized carbons (Fsp3) is 0.200. The number of hydrogen-bond acceptors (Lipinski definition) is 6. The van der Waals surface area contributed by atoms with Crippen molar-refractivity contribution in [1.82, 2.24) is 9.97 Å². The van der Waals surface area contributed by atoms with Gasteiger partial charge >= 0.3 is 0 Å². The Hall–Kier alpha value is -3.80. The average molecular weight is 415 g/mol. The van der Waals surface area contributed by atoms with Gasteiger partial charge in [0.1, 0.15) is 12.1 Å². The molecule has 0 fully saturated rings. The predicted molar refractivity (Wildman–Crippen MR) is 125 cm³/mol. The van der Waals surface area contributed by atoms with Gasteiger partial charge in [-0.15, -0.1) is 0 Å². The summed E-state index contributed by atoms with van der Waals surface area (Å²) in [4.78, 5) is 11.4.